The molecule has 4 rings (SSSR count). The summed E-state index contributed by atoms with van der Waals surface area (Å²) in [5, 5.41) is 0. The van der Waals surface area contributed by atoms with Crippen LogP contribution in [-0.2, 0) is 4.74 Å². The summed E-state index contributed by atoms with van der Waals surface area (Å²) in [4.78, 5) is 5.62. The van der Waals surface area contributed by atoms with Crippen molar-refractivity contribution in [1.29, 1.82) is 0 Å². The van der Waals surface area contributed by atoms with Crippen molar-refractivity contribution < 1.29 is 4.74 Å². The predicted octanol–water partition coefficient (Wildman–Crippen LogP) is 2.11. The fourth-order valence-corrected chi connectivity index (χ4v) is 4.71. The van der Waals surface area contributed by atoms with Gasteiger partial charge in [0.05, 0.1) is 6.10 Å². The Hall–Kier alpha value is -0.120. The molecular formula is C16H28N2O. The Morgan fingerprint density at radius 3 is 2.79 bits per heavy atom. The highest BCUT2D eigenvalue weighted by Crippen LogP contribution is 2.42. The van der Waals surface area contributed by atoms with Crippen molar-refractivity contribution in [3.05, 3.63) is 0 Å². The van der Waals surface area contributed by atoms with Gasteiger partial charge in [0, 0.05) is 37.8 Å². The van der Waals surface area contributed by atoms with Gasteiger partial charge in [-0.3, -0.25) is 9.80 Å². The predicted molar refractivity (Wildman–Crippen MR) is 76.2 cm³/mol. The van der Waals surface area contributed by atoms with Crippen LogP contribution in [0, 0.1) is 5.92 Å². The number of piperazine rings is 1. The maximum absolute atomic E-state index is 6.09. The number of ether oxygens (including phenoxy) is 1. The van der Waals surface area contributed by atoms with Crippen LogP contribution in [0.2, 0.25) is 0 Å². The maximum atomic E-state index is 6.09. The van der Waals surface area contributed by atoms with E-state index < -0.39 is 0 Å². The van der Waals surface area contributed by atoms with E-state index in [1.54, 1.807) is 0 Å². The van der Waals surface area contributed by atoms with Crippen molar-refractivity contribution in [1.82, 2.24) is 9.80 Å². The van der Waals surface area contributed by atoms with E-state index in [4.69, 9.17) is 4.74 Å². The van der Waals surface area contributed by atoms with E-state index in [1.807, 2.05) is 0 Å². The minimum atomic E-state index is 0.571. The quantitative estimate of drug-likeness (QED) is 0.776. The summed E-state index contributed by atoms with van der Waals surface area (Å²) in [5.41, 5.74) is 0. The summed E-state index contributed by atoms with van der Waals surface area (Å²) in [6.45, 7) is 7.36. The highest BCUT2D eigenvalue weighted by molar-refractivity contribution is 5.00. The van der Waals surface area contributed by atoms with Gasteiger partial charge in [0.1, 0.15) is 0 Å². The van der Waals surface area contributed by atoms with Gasteiger partial charge in [0.2, 0.25) is 0 Å². The van der Waals surface area contributed by atoms with Crippen LogP contribution in [0.4, 0.5) is 0 Å². The first-order valence-corrected chi connectivity index (χ1v) is 8.48. The summed E-state index contributed by atoms with van der Waals surface area (Å²) in [5.74, 6) is 0.895. The van der Waals surface area contributed by atoms with Gasteiger partial charge in [0.25, 0.3) is 0 Å². The first-order chi connectivity index (χ1) is 9.36. The van der Waals surface area contributed by atoms with Gasteiger partial charge in [-0.05, 0) is 51.0 Å². The molecular weight excluding hydrogens is 236 g/mol. The zero-order chi connectivity index (χ0) is 12.8. The lowest BCUT2D eigenvalue weighted by Crippen LogP contribution is -2.60. The van der Waals surface area contributed by atoms with Crippen LogP contribution < -0.4 is 0 Å². The molecule has 19 heavy (non-hydrogen) atoms. The normalized spacial score (nSPS) is 44.7. The number of hydrogen-bond acceptors (Lipinski definition) is 3. The number of hydrogen-bond donors (Lipinski definition) is 0. The molecule has 4 unspecified atom stereocenters. The molecule has 0 bridgehead atoms. The van der Waals surface area contributed by atoms with E-state index >= 15 is 0 Å². The van der Waals surface area contributed by atoms with Gasteiger partial charge in [-0.2, -0.15) is 0 Å². The minimum Gasteiger partial charge on any atom is -0.376 e. The fraction of sp³-hybridized carbons (Fsp3) is 1.00. The molecule has 0 radical (unpaired) electrons. The van der Waals surface area contributed by atoms with E-state index in [-0.39, 0.29) is 0 Å². The smallest absolute Gasteiger partial charge is 0.0759 e. The second-order valence-electron chi connectivity index (χ2n) is 7.08. The van der Waals surface area contributed by atoms with E-state index in [9.17, 15) is 0 Å². The fourth-order valence-electron chi connectivity index (χ4n) is 4.71. The molecule has 0 amide bonds. The van der Waals surface area contributed by atoms with Crippen molar-refractivity contribution in [3.8, 4) is 0 Å². The summed E-state index contributed by atoms with van der Waals surface area (Å²) in [6, 6.07) is 2.37. The van der Waals surface area contributed by atoms with Crippen LogP contribution >= 0.6 is 0 Å². The molecule has 108 valence electrons. The molecule has 3 heterocycles. The monoisotopic (exact) mass is 264 g/mol. The average Bonchev–Trinajstić information content (AvgIpc) is 3.00. The second-order valence-corrected chi connectivity index (χ2v) is 7.08. The topological polar surface area (TPSA) is 15.7 Å². The van der Waals surface area contributed by atoms with Crippen LogP contribution in [0.3, 0.4) is 0 Å². The summed E-state index contributed by atoms with van der Waals surface area (Å²) < 4.78 is 6.09. The van der Waals surface area contributed by atoms with E-state index in [2.05, 4.69) is 16.7 Å². The molecule has 0 aromatic carbocycles. The third-order valence-electron chi connectivity index (χ3n) is 5.92. The zero-order valence-corrected chi connectivity index (χ0v) is 12.3. The minimum absolute atomic E-state index is 0.571. The Balaban J connectivity index is 1.51. The SMILES string of the molecule is CCC1CN2CCCC2CN1C1CCOC1C1CC1. The lowest BCUT2D eigenvalue weighted by molar-refractivity contribution is -0.0180. The van der Waals surface area contributed by atoms with Crippen molar-refractivity contribution in [3.63, 3.8) is 0 Å². The zero-order valence-electron chi connectivity index (χ0n) is 12.3. The lowest BCUT2D eigenvalue weighted by Gasteiger charge is -2.47. The van der Waals surface area contributed by atoms with Crippen LogP contribution in [0.15, 0.2) is 0 Å². The van der Waals surface area contributed by atoms with E-state index in [0.29, 0.717) is 6.10 Å². The summed E-state index contributed by atoms with van der Waals surface area (Å²) in [6.07, 6.45) is 8.84. The number of rotatable bonds is 3. The van der Waals surface area contributed by atoms with Gasteiger partial charge in [-0.1, -0.05) is 6.92 Å². The summed E-state index contributed by atoms with van der Waals surface area (Å²) >= 11 is 0. The van der Waals surface area contributed by atoms with Crippen molar-refractivity contribution >= 4 is 0 Å². The van der Waals surface area contributed by atoms with Gasteiger partial charge in [-0.25, -0.2) is 0 Å². The molecule has 0 aromatic heterocycles. The Labute approximate surface area is 117 Å². The molecule has 1 saturated carbocycles. The van der Waals surface area contributed by atoms with Crippen LogP contribution in [0.25, 0.3) is 0 Å². The molecule has 0 spiro atoms. The average molecular weight is 264 g/mol. The summed E-state index contributed by atoms with van der Waals surface area (Å²) in [7, 11) is 0. The van der Waals surface area contributed by atoms with E-state index in [1.165, 1.54) is 58.2 Å². The Bertz CT molecular complexity index is 331. The van der Waals surface area contributed by atoms with Gasteiger partial charge >= 0.3 is 0 Å². The first-order valence-electron chi connectivity index (χ1n) is 8.48. The molecule has 3 aliphatic heterocycles. The largest absolute Gasteiger partial charge is 0.376 e. The molecule has 1 aliphatic carbocycles. The van der Waals surface area contributed by atoms with Crippen molar-refractivity contribution in [2.75, 3.05) is 26.2 Å². The molecule has 4 atom stereocenters. The van der Waals surface area contributed by atoms with Crippen molar-refractivity contribution in [2.45, 2.75) is 69.7 Å². The van der Waals surface area contributed by atoms with Crippen LogP contribution in [0.1, 0.15) is 45.4 Å². The second kappa shape index (κ2) is 5.01. The third kappa shape index (κ3) is 2.24. The van der Waals surface area contributed by atoms with Gasteiger partial charge in [-0.15, -0.1) is 0 Å². The van der Waals surface area contributed by atoms with Crippen LogP contribution in [0.5, 0.6) is 0 Å². The Morgan fingerprint density at radius 2 is 2.00 bits per heavy atom. The molecule has 4 fully saturated rings. The molecule has 0 N–H and O–H groups in total. The van der Waals surface area contributed by atoms with Crippen LogP contribution in [-0.4, -0.2) is 60.3 Å². The molecule has 0 aromatic rings. The van der Waals surface area contributed by atoms with E-state index in [0.717, 1.165) is 30.7 Å². The highest BCUT2D eigenvalue weighted by atomic mass is 16.5. The molecule has 4 aliphatic rings. The number of fused-ring (bicyclic) bond motifs is 1. The molecule has 3 nitrogen and oxygen atoms in total. The van der Waals surface area contributed by atoms with Crippen molar-refractivity contribution in [2.24, 2.45) is 5.92 Å². The Kier molecular flexibility index (Phi) is 3.33. The molecule has 3 heteroatoms. The standard InChI is InChI=1S/C16H28N2O/c1-2-13-10-17-8-3-4-14(17)11-18(13)15-7-9-19-16(15)12-5-6-12/h12-16H,2-11H2,1H3. The number of nitrogens with zero attached hydrogens (tertiary/aromatic N) is 2. The lowest BCUT2D eigenvalue weighted by atomic mass is 9.97. The van der Waals surface area contributed by atoms with Gasteiger partial charge in [0.15, 0.2) is 0 Å². The highest BCUT2D eigenvalue weighted by Gasteiger charge is 2.47. The third-order valence-corrected chi connectivity index (χ3v) is 5.92. The first kappa shape index (κ1) is 12.6. The Morgan fingerprint density at radius 1 is 1.11 bits per heavy atom. The van der Waals surface area contributed by atoms with Gasteiger partial charge < -0.3 is 4.74 Å². The maximum Gasteiger partial charge on any atom is 0.0759 e. The molecule has 3 saturated heterocycles.